The molecule has 1 saturated heterocycles. The second-order valence-electron chi connectivity index (χ2n) is 4.61. The molecule has 1 atom stereocenters. The van der Waals surface area contributed by atoms with E-state index in [9.17, 15) is 13.2 Å². The number of nitrogens with one attached hydrogen (secondary N) is 1. The van der Waals surface area contributed by atoms with Crippen molar-refractivity contribution in [2.45, 2.75) is 6.42 Å². The van der Waals surface area contributed by atoms with Crippen LogP contribution in [0.15, 0.2) is 29.4 Å². The minimum atomic E-state index is -3.05. The highest BCUT2D eigenvalue weighted by Gasteiger charge is 2.32. The van der Waals surface area contributed by atoms with E-state index in [-0.39, 0.29) is 17.4 Å². The van der Waals surface area contributed by atoms with Gasteiger partial charge < -0.3 is 4.74 Å². The average Bonchev–Trinajstić information content (AvgIpc) is 2.80. The number of rotatable bonds is 4. The lowest BCUT2D eigenvalue weighted by molar-refractivity contribution is -0.124. The number of hydrogen-bond donors (Lipinski definition) is 1. The van der Waals surface area contributed by atoms with Crippen molar-refractivity contribution in [1.29, 1.82) is 0 Å². The SMILES string of the molecule is COc1ccc(/C=N\NC(=O)[C@@H]2CCS(=O)(=O)C2)cc1. The van der Waals surface area contributed by atoms with Gasteiger partial charge in [0.15, 0.2) is 9.84 Å². The average molecular weight is 296 g/mol. The lowest BCUT2D eigenvalue weighted by atomic mass is 10.1. The highest BCUT2D eigenvalue weighted by Crippen LogP contribution is 2.18. The molecule has 7 heteroatoms. The number of benzene rings is 1. The van der Waals surface area contributed by atoms with Crippen LogP contribution in [0, 0.1) is 5.92 Å². The van der Waals surface area contributed by atoms with Crippen molar-refractivity contribution in [2.24, 2.45) is 11.0 Å². The van der Waals surface area contributed by atoms with Crippen LogP contribution in [-0.4, -0.2) is 39.2 Å². The summed E-state index contributed by atoms with van der Waals surface area (Å²) in [6.07, 6.45) is 1.87. The van der Waals surface area contributed by atoms with Gasteiger partial charge in [0, 0.05) is 0 Å². The fraction of sp³-hybridized carbons (Fsp3) is 0.385. The van der Waals surface area contributed by atoms with Gasteiger partial charge in [0.05, 0.1) is 30.7 Å². The van der Waals surface area contributed by atoms with Crippen molar-refractivity contribution in [3.8, 4) is 5.75 Å². The number of nitrogens with zero attached hydrogens (tertiary/aromatic N) is 1. The normalized spacial score (nSPS) is 20.9. The summed E-state index contributed by atoms with van der Waals surface area (Å²) in [5.41, 5.74) is 3.18. The van der Waals surface area contributed by atoms with Gasteiger partial charge in [-0.1, -0.05) is 0 Å². The van der Waals surface area contributed by atoms with E-state index in [1.165, 1.54) is 6.21 Å². The molecule has 0 bridgehead atoms. The number of carbonyl (C=O) groups excluding carboxylic acids is 1. The predicted octanol–water partition coefficient (Wildman–Crippen LogP) is 0.580. The van der Waals surface area contributed by atoms with Crippen LogP contribution < -0.4 is 10.2 Å². The van der Waals surface area contributed by atoms with E-state index in [0.717, 1.165) is 11.3 Å². The molecule has 2 rings (SSSR count). The molecule has 6 nitrogen and oxygen atoms in total. The van der Waals surface area contributed by atoms with Gasteiger partial charge in [-0.15, -0.1) is 0 Å². The molecule has 1 fully saturated rings. The molecule has 1 aromatic rings. The molecule has 0 radical (unpaired) electrons. The van der Waals surface area contributed by atoms with Gasteiger partial charge in [0.1, 0.15) is 5.75 Å². The Balaban J connectivity index is 1.88. The van der Waals surface area contributed by atoms with Crippen LogP contribution in [0.4, 0.5) is 0 Å². The topological polar surface area (TPSA) is 84.8 Å². The van der Waals surface area contributed by atoms with Crippen molar-refractivity contribution < 1.29 is 17.9 Å². The van der Waals surface area contributed by atoms with Crippen molar-refractivity contribution in [3.05, 3.63) is 29.8 Å². The number of hydrogen-bond acceptors (Lipinski definition) is 5. The van der Waals surface area contributed by atoms with Gasteiger partial charge in [-0.05, 0) is 36.2 Å². The van der Waals surface area contributed by atoms with E-state index in [1.807, 2.05) is 0 Å². The van der Waals surface area contributed by atoms with Crippen molar-refractivity contribution >= 4 is 22.0 Å². The molecule has 0 saturated carbocycles. The third-order valence-electron chi connectivity index (χ3n) is 3.11. The molecule has 108 valence electrons. The van der Waals surface area contributed by atoms with Gasteiger partial charge in [-0.3, -0.25) is 4.79 Å². The Bertz CT molecular complexity index is 608. The third-order valence-corrected chi connectivity index (χ3v) is 4.88. The highest BCUT2D eigenvalue weighted by molar-refractivity contribution is 7.91. The number of methoxy groups -OCH3 is 1. The van der Waals surface area contributed by atoms with Gasteiger partial charge in [0.25, 0.3) is 0 Å². The Morgan fingerprint density at radius 2 is 2.10 bits per heavy atom. The van der Waals surface area contributed by atoms with Crippen LogP contribution in [0.25, 0.3) is 0 Å². The number of sulfone groups is 1. The van der Waals surface area contributed by atoms with E-state index in [4.69, 9.17) is 4.74 Å². The van der Waals surface area contributed by atoms with Crippen LogP contribution in [0.1, 0.15) is 12.0 Å². The van der Waals surface area contributed by atoms with Crippen LogP contribution >= 0.6 is 0 Å². The molecule has 1 aromatic carbocycles. The third kappa shape index (κ3) is 3.80. The van der Waals surface area contributed by atoms with Crippen LogP contribution in [0.3, 0.4) is 0 Å². The standard InChI is InChI=1S/C13H16N2O4S/c1-19-12-4-2-10(3-5-12)8-14-15-13(16)11-6-7-20(17,18)9-11/h2-5,8,11H,6-7,9H2,1H3,(H,15,16)/b14-8-/t11-/m1/s1. The molecular formula is C13H16N2O4S. The van der Waals surface area contributed by atoms with Crippen LogP contribution in [0.5, 0.6) is 5.75 Å². The fourth-order valence-electron chi connectivity index (χ4n) is 1.95. The second kappa shape index (κ2) is 6.04. The Morgan fingerprint density at radius 3 is 2.65 bits per heavy atom. The zero-order chi connectivity index (χ0) is 14.6. The summed E-state index contributed by atoms with van der Waals surface area (Å²) >= 11 is 0. The summed E-state index contributed by atoms with van der Waals surface area (Å²) in [5.74, 6) is -0.115. The van der Waals surface area contributed by atoms with Gasteiger partial charge in [0.2, 0.25) is 5.91 Å². The minimum Gasteiger partial charge on any atom is -0.497 e. The van der Waals surface area contributed by atoms with E-state index < -0.39 is 15.8 Å². The van der Waals surface area contributed by atoms with Gasteiger partial charge >= 0.3 is 0 Å². The maximum Gasteiger partial charge on any atom is 0.244 e. The minimum absolute atomic E-state index is 0.0767. The number of carbonyl (C=O) groups is 1. The summed E-state index contributed by atoms with van der Waals surface area (Å²) < 4.78 is 27.6. The Kier molecular flexibility index (Phi) is 4.39. The van der Waals surface area contributed by atoms with Gasteiger partial charge in [-0.2, -0.15) is 5.10 Å². The Labute approximate surface area is 117 Å². The molecule has 1 amide bonds. The molecule has 0 aromatic heterocycles. The number of amides is 1. The summed E-state index contributed by atoms with van der Waals surface area (Å²) in [4.78, 5) is 11.7. The molecule has 0 aliphatic carbocycles. The molecule has 0 spiro atoms. The number of ether oxygens (including phenoxy) is 1. The van der Waals surface area contributed by atoms with Crippen molar-refractivity contribution in [1.82, 2.24) is 5.43 Å². The maximum absolute atomic E-state index is 11.7. The highest BCUT2D eigenvalue weighted by atomic mass is 32.2. The zero-order valence-electron chi connectivity index (χ0n) is 11.1. The molecule has 1 aliphatic rings. The molecule has 0 unspecified atom stereocenters. The summed E-state index contributed by atoms with van der Waals surface area (Å²) in [6, 6.07) is 7.17. The molecule has 1 heterocycles. The van der Waals surface area contributed by atoms with E-state index in [2.05, 4.69) is 10.5 Å². The largest absolute Gasteiger partial charge is 0.497 e. The smallest absolute Gasteiger partial charge is 0.244 e. The van der Waals surface area contributed by atoms with E-state index in [0.29, 0.717) is 6.42 Å². The van der Waals surface area contributed by atoms with E-state index in [1.54, 1.807) is 31.4 Å². The first-order valence-electron chi connectivity index (χ1n) is 6.17. The van der Waals surface area contributed by atoms with Crippen molar-refractivity contribution in [2.75, 3.05) is 18.6 Å². The predicted molar refractivity (Wildman–Crippen MR) is 75.5 cm³/mol. The molecule has 1 N–H and O–H groups in total. The zero-order valence-corrected chi connectivity index (χ0v) is 11.9. The molecular weight excluding hydrogens is 280 g/mol. The first-order chi connectivity index (χ1) is 9.50. The maximum atomic E-state index is 11.7. The molecule has 1 aliphatic heterocycles. The van der Waals surface area contributed by atoms with E-state index >= 15 is 0 Å². The first-order valence-corrected chi connectivity index (χ1v) is 8.00. The summed E-state index contributed by atoms with van der Waals surface area (Å²) in [6.45, 7) is 0. The Morgan fingerprint density at radius 1 is 1.40 bits per heavy atom. The number of hydrazone groups is 1. The Hall–Kier alpha value is -1.89. The quantitative estimate of drug-likeness (QED) is 0.650. The lowest BCUT2D eigenvalue weighted by Crippen LogP contribution is -2.27. The summed E-state index contributed by atoms with van der Waals surface area (Å²) in [5, 5.41) is 3.83. The van der Waals surface area contributed by atoms with Crippen LogP contribution in [0.2, 0.25) is 0 Å². The fourth-order valence-corrected chi connectivity index (χ4v) is 3.69. The van der Waals surface area contributed by atoms with Crippen molar-refractivity contribution in [3.63, 3.8) is 0 Å². The monoisotopic (exact) mass is 296 g/mol. The first kappa shape index (κ1) is 14.5. The lowest BCUT2D eigenvalue weighted by Gasteiger charge is -2.04. The molecule has 20 heavy (non-hydrogen) atoms. The van der Waals surface area contributed by atoms with Gasteiger partial charge in [-0.25, -0.2) is 13.8 Å². The second-order valence-corrected chi connectivity index (χ2v) is 6.84. The summed E-state index contributed by atoms with van der Waals surface area (Å²) in [7, 11) is -1.47. The van der Waals surface area contributed by atoms with Crippen LogP contribution in [-0.2, 0) is 14.6 Å².